The van der Waals surface area contributed by atoms with Crippen LogP contribution in [-0.4, -0.2) is 10.2 Å². The van der Waals surface area contributed by atoms with Crippen molar-refractivity contribution in [1.29, 1.82) is 0 Å². The molecule has 0 atom stereocenters. The van der Waals surface area contributed by atoms with Crippen molar-refractivity contribution in [2.45, 2.75) is 10.1 Å². The van der Waals surface area contributed by atoms with Crippen LogP contribution < -0.4 is 0 Å². The van der Waals surface area contributed by atoms with Crippen molar-refractivity contribution in [2.75, 3.05) is 0 Å². The fourth-order valence-corrected chi connectivity index (χ4v) is 0.755. The fraction of sp³-hybridized carbons (Fsp3) is 0. The molecule has 7 heavy (non-hydrogen) atoms. The van der Waals surface area contributed by atoms with E-state index >= 15 is 0 Å². The predicted octanol–water partition coefficient (Wildman–Crippen LogP) is 0.987. The quantitative estimate of drug-likeness (QED) is 0.451. The molecule has 0 amide bonds. The number of thiol groups is 2. The Hall–Kier alpha value is -0.0900. The van der Waals surface area contributed by atoms with Gasteiger partial charge in [-0.3, -0.25) is 5.10 Å². The molecule has 0 bridgehead atoms. The Balaban J connectivity index is 3.04. The fourth-order valence-electron chi connectivity index (χ4n) is 0.301. The Morgan fingerprint density at radius 1 is 1.57 bits per heavy atom. The van der Waals surface area contributed by atoms with E-state index in [2.05, 4.69) is 35.5 Å². The molecular formula is C3H4N2S2. The van der Waals surface area contributed by atoms with Crippen LogP contribution >= 0.6 is 25.3 Å². The highest BCUT2D eigenvalue weighted by Gasteiger charge is 1.86. The number of rotatable bonds is 0. The van der Waals surface area contributed by atoms with Crippen molar-refractivity contribution in [2.24, 2.45) is 0 Å². The molecule has 1 aromatic heterocycles. The minimum atomic E-state index is 0.671. The van der Waals surface area contributed by atoms with Crippen molar-refractivity contribution < 1.29 is 0 Å². The molecule has 0 unspecified atom stereocenters. The van der Waals surface area contributed by atoms with Crippen molar-refractivity contribution in [1.82, 2.24) is 10.2 Å². The highest BCUT2D eigenvalue weighted by atomic mass is 32.1. The van der Waals surface area contributed by atoms with E-state index in [4.69, 9.17) is 0 Å². The van der Waals surface area contributed by atoms with Crippen LogP contribution in [0.5, 0.6) is 0 Å². The molecule has 1 heterocycles. The van der Waals surface area contributed by atoms with Gasteiger partial charge in [-0.15, -0.1) is 25.3 Å². The SMILES string of the molecule is Sc1cc(S)[nH]n1. The molecule has 0 saturated heterocycles. The van der Waals surface area contributed by atoms with Crippen LogP contribution in [0.15, 0.2) is 16.1 Å². The van der Waals surface area contributed by atoms with Crippen LogP contribution in [0.2, 0.25) is 0 Å². The molecule has 1 N–H and O–H groups in total. The second kappa shape index (κ2) is 1.79. The van der Waals surface area contributed by atoms with E-state index in [0.29, 0.717) is 5.03 Å². The van der Waals surface area contributed by atoms with E-state index < -0.39 is 0 Å². The third kappa shape index (κ3) is 1.14. The van der Waals surface area contributed by atoms with Gasteiger partial charge in [-0.1, -0.05) is 0 Å². The summed E-state index contributed by atoms with van der Waals surface area (Å²) in [5.74, 6) is 0. The van der Waals surface area contributed by atoms with Gasteiger partial charge in [0.25, 0.3) is 0 Å². The highest BCUT2D eigenvalue weighted by molar-refractivity contribution is 7.81. The summed E-state index contributed by atoms with van der Waals surface area (Å²) in [7, 11) is 0. The summed E-state index contributed by atoms with van der Waals surface area (Å²) < 4.78 is 0. The molecule has 0 aliphatic heterocycles. The highest BCUT2D eigenvalue weighted by Crippen LogP contribution is 2.05. The van der Waals surface area contributed by atoms with E-state index in [9.17, 15) is 0 Å². The molecule has 2 nitrogen and oxygen atoms in total. The van der Waals surface area contributed by atoms with Crippen LogP contribution in [0.4, 0.5) is 0 Å². The topological polar surface area (TPSA) is 28.7 Å². The van der Waals surface area contributed by atoms with Gasteiger partial charge in [-0.05, 0) is 0 Å². The Bertz CT molecular complexity index is 143. The summed E-state index contributed by atoms with van der Waals surface area (Å²) in [5, 5.41) is 7.70. The Labute approximate surface area is 52.1 Å². The first-order valence-corrected chi connectivity index (χ1v) is 2.62. The number of hydrogen-bond donors (Lipinski definition) is 3. The van der Waals surface area contributed by atoms with Gasteiger partial charge in [-0.25, -0.2) is 0 Å². The maximum atomic E-state index is 3.94. The van der Waals surface area contributed by atoms with Gasteiger partial charge in [0.1, 0.15) is 5.03 Å². The third-order valence-corrected chi connectivity index (χ3v) is 1.01. The molecule has 0 saturated carbocycles. The Morgan fingerprint density at radius 3 is 2.43 bits per heavy atom. The largest absolute Gasteiger partial charge is 0.271 e. The number of aromatic nitrogens is 2. The average molecular weight is 132 g/mol. The molecule has 38 valence electrons. The lowest BCUT2D eigenvalue weighted by Crippen LogP contribution is -1.62. The summed E-state index contributed by atoms with van der Waals surface area (Å²) in [6.45, 7) is 0. The summed E-state index contributed by atoms with van der Waals surface area (Å²) in [6, 6.07) is 1.73. The lowest BCUT2D eigenvalue weighted by molar-refractivity contribution is 0.960. The minimum Gasteiger partial charge on any atom is -0.271 e. The van der Waals surface area contributed by atoms with Crippen molar-refractivity contribution in [3.05, 3.63) is 6.07 Å². The monoisotopic (exact) mass is 132 g/mol. The van der Waals surface area contributed by atoms with Gasteiger partial charge in [0.2, 0.25) is 0 Å². The zero-order valence-corrected chi connectivity index (χ0v) is 5.21. The van der Waals surface area contributed by atoms with E-state index in [1.165, 1.54) is 0 Å². The number of nitrogens with zero attached hydrogens (tertiary/aromatic N) is 1. The molecule has 0 radical (unpaired) electrons. The first kappa shape index (κ1) is 5.05. The molecule has 0 aliphatic rings. The van der Waals surface area contributed by atoms with Crippen LogP contribution in [0.1, 0.15) is 0 Å². The molecule has 0 spiro atoms. The maximum Gasteiger partial charge on any atom is 0.116 e. The Kier molecular flexibility index (Phi) is 1.30. The maximum absolute atomic E-state index is 3.94. The number of hydrogen-bond acceptors (Lipinski definition) is 3. The van der Waals surface area contributed by atoms with Gasteiger partial charge in [0.05, 0.1) is 5.03 Å². The summed E-state index contributed by atoms with van der Waals surface area (Å²) >= 11 is 7.85. The third-order valence-electron chi connectivity index (χ3n) is 0.551. The van der Waals surface area contributed by atoms with E-state index in [1.54, 1.807) is 6.07 Å². The zero-order chi connectivity index (χ0) is 5.28. The Morgan fingerprint density at radius 2 is 2.29 bits per heavy atom. The smallest absolute Gasteiger partial charge is 0.116 e. The van der Waals surface area contributed by atoms with Gasteiger partial charge in [0.15, 0.2) is 0 Å². The molecule has 0 aromatic carbocycles. The van der Waals surface area contributed by atoms with Crippen molar-refractivity contribution in [3.8, 4) is 0 Å². The van der Waals surface area contributed by atoms with Gasteiger partial charge < -0.3 is 0 Å². The van der Waals surface area contributed by atoms with Crippen molar-refractivity contribution >= 4 is 25.3 Å². The first-order chi connectivity index (χ1) is 3.29. The number of nitrogens with one attached hydrogen (secondary N) is 1. The number of aromatic amines is 1. The van der Waals surface area contributed by atoms with Crippen LogP contribution in [0, 0.1) is 0 Å². The normalized spacial score (nSPS) is 9.43. The molecule has 0 aliphatic carbocycles. The van der Waals surface area contributed by atoms with Gasteiger partial charge in [0, 0.05) is 6.07 Å². The predicted molar refractivity (Wildman–Crippen MR) is 33.1 cm³/mol. The van der Waals surface area contributed by atoms with E-state index in [-0.39, 0.29) is 0 Å². The summed E-state index contributed by atoms with van der Waals surface area (Å²) in [6.07, 6.45) is 0. The van der Waals surface area contributed by atoms with Gasteiger partial charge >= 0.3 is 0 Å². The molecule has 1 aromatic rings. The molecule has 4 heteroatoms. The molecular weight excluding hydrogens is 128 g/mol. The zero-order valence-electron chi connectivity index (χ0n) is 3.42. The van der Waals surface area contributed by atoms with Gasteiger partial charge in [-0.2, -0.15) is 5.10 Å². The van der Waals surface area contributed by atoms with E-state index in [0.717, 1.165) is 5.03 Å². The average Bonchev–Trinajstić information content (AvgIpc) is 1.87. The standard InChI is InChI=1S/C3H4N2S2/c6-2-1-3(7)5-4-2/h1H,(H3,4,5,6,7). The van der Waals surface area contributed by atoms with Crippen molar-refractivity contribution in [3.63, 3.8) is 0 Å². The molecule has 0 fully saturated rings. The lowest BCUT2D eigenvalue weighted by atomic mass is 10.7. The minimum absolute atomic E-state index is 0.671. The molecule has 1 rings (SSSR count). The van der Waals surface area contributed by atoms with Crippen LogP contribution in [-0.2, 0) is 0 Å². The summed E-state index contributed by atoms with van der Waals surface area (Å²) in [4.78, 5) is 0. The van der Waals surface area contributed by atoms with Crippen LogP contribution in [0.3, 0.4) is 0 Å². The van der Waals surface area contributed by atoms with Crippen LogP contribution in [0.25, 0.3) is 0 Å². The number of H-pyrrole nitrogens is 1. The second-order valence-corrected chi connectivity index (χ2v) is 2.05. The first-order valence-electron chi connectivity index (χ1n) is 1.72. The van der Waals surface area contributed by atoms with E-state index in [1.807, 2.05) is 0 Å². The lowest BCUT2D eigenvalue weighted by Gasteiger charge is -1.66. The summed E-state index contributed by atoms with van der Waals surface area (Å²) in [5.41, 5.74) is 0. The second-order valence-electron chi connectivity index (χ2n) is 1.11.